The molecule has 0 aromatic heterocycles. The van der Waals surface area contributed by atoms with Crippen molar-refractivity contribution in [1.82, 2.24) is 10.6 Å². The molecule has 0 radical (unpaired) electrons. The van der Waals surface area contributed by atoms with Crippen molar-refractivity contribution >= 4 is 23.4 Å². The molecule has 2 amide bonds. The minimum absolute atomic E-state index is 0.269. The van der Waals surface area contributed by atoms with Crippen LogP contribution >= 0.6 is 11.6 Å². The van der Waals surface area contributed by atoms with Gasteiger partial charge in [0.25, 0.3) is 5.91 Å². The summed E-state index contributed by atoms with van der Waals surface area (Å²) in [4.78, 5) is 25.8. The van der Waals surface area contributed by atoms with Gasteiger partial charge in [0, 0.05) is 23.6 Å². The van der Waals surface area contributed by atoms with E-state index in [2.05, 4.69) is 10.6 Å². The summed E-state index contributed by atoms with van der Waals surface area (Å²) in [5, 5.41) is 6.09. The van der Waals surface area contributed by atoms with Crippen LogP contribution in [0.2, 0.25) is 5.02 Å². The first-order valence-electron chi connectivity index (χ1n) is 9.39. The van der Waals surface area contributed by atoms with Gasteiger partial charge in [0.1, 0.15) is 6.04 Å². The van der Waals surface area contributed by atoms with Gasteiger partial charge in [0.05, 0.1) is 0 Å². The average molecular weight is 407 g/mol. The van der Waals surface area contributed by atoms with Gasteiger partial charge in [-0.25, -0.2) is 0 Å². The van der Waals surface area contributed by atoms with Gasteiger partial charge in [0.15, 0.2) is 0 Å². The number of hydrogen-bond donors (Lipinski definition) is 2. The Morgan fingerprint density at radius 3 is 1.90 bits per heavy atom. The molecule has 0 aliphatic carbocycles. The van der Waals surface area contributed by atoms with E-state index in [1.807, 2.05) is 67.6 Å². The first kappa shape index (κ1) is 20.6. The molecule has 0 fully saturated rings. The van der Waals surface area contributed by atoms with E-state index in [0.717, 1.165) is 16.7 Å². The topological polar surface area (TPSA) is 58.2 Å². The van der Waals surface area contributed by atoms with E-state index in [9.17, 15) is 9.59 Å². The van der Waals surface area contributed by atoms with Crippen molar-refractivity contribution < 1.29 is 9.59 Å². The Kier molecular flexibility index (Phi) is 6.68. The summed E-state index contributed by atoms with van der Waals surface area (Å²) in [5.41, 5.74) is 3.18. The zero-order chi connectivity index (χ0) is 20.8. The SMILES string of the molecule is CNC(=O)[C@@H](NC(=O)c1cc(C)cc(Cl)c1)C(c1ccccc1)c1ccccc1. The van der Waals surface area contributed by atoms with E-state index >= 15 is 0 Å². The minimum atomic E-state index is -0.795. The third-order valence-corrected chi connectivity index (χ3v) is 4.99. The van der Waals surface area contributed by atoms with Crippen molar-refractivity contribution in [3.8, 4) is 0 Å². The third kappa shape index (κ3) is 5.04. The lowest BCUT2D eigenvalue weighted by Crippen LogP contribution is -2.49. The monoisotopic (exact) mass is 406 g/mol. The number of carbonyl (C=O) groups excluding carboxylic acids is 2. The number of likely N-dealkylation sites (N-methyl/N-ethyl adjacent to an activating group) is 1. The molecule has 0 spiro atoms. The van der Waals surface area contributed by atoms with Crippen molar-refractivity contribution in [2.45, 2.75) is 18.9 Å². The molecule has 3 rings (SSSR count). The smallest absolute Gasteiger partial charge is 0.252 e. The fraction of sp³-hybridized carbons (Fsp3) is 0.167. The van der Waals surface area contributed by atoms with Gasteiger partial charge in [-0.1, -0.05) is 72.3 Å². The maximum Gasteiger partial charge on any atom is 0.252 e. The first-order valence-corrected chi connectivity index (χ1v) is 9.77. The Bertz CT molecular complexity index is 931. The number of amides is 2. The normalized spacial score (nSPS) is 11.7. The van der Waals surface area contributed by atoms with Crippen LogP contribution in [0.5, 0.6) is 0 Å². The second-order valence-corrected chi connectivity index (χ2v) is 7.32. The summed E-state index contributed by atoms with van der Waals surface area (Å²) in [6.07, 6.45) is 0. The fourth-order valence-electron chi connectivity index (χ4n) is 3.45. The van der Waals surface area contributed by atoms with E-state index in [4.69, 9.17) is 11.6 Å². The highest BCUT2D eigenvalue weighted by Gasteiger charge is 2.32. The van der Waals surface area contributed by atoms with Crippen molar-refractivity contribution in [2.24, 2.45) is 0 Å². The molecular weight excluding hydrogens is 384 g/mol. The Balaban J connectivity index is 2.02. The number of aryl methyl sites for hydroxylation is 1. The Morgan fingerprint density at radius 1 is 0.862 bits per heavy atom. The van der Waals surface area contributed by atoms with Gasteiger partial charge in [0.2, 0.25) is 5.91 Å². The second-order valence-electron chi connectivity index (χ2n) is 6.88. The molecule has 29 heavy (non-hydrogen) atoms. The van der Waals surface area contributed by atoms with E-state index in [1.165, 1.54) is 0 Å². The van der Waals surface area contributed by atoms with Crippen LogP contribution in [-0.4, -0.2) is 24.9 Å². The minimum Gasteiger partial charge on any atom is -0.357 e. The molecule has 3 aromatic rings. The van der Waals surface area contributed by atoms with Crippen LogP contribution in [0.1, 0.15) is 33.0 Å². The summed E-state index contributed by atoms with van der Waals surface area (Å²) >= 11 is 6.12. The zero-order valence-electron chi connectivity index (χ0n) is 16.4. The lowest BCUT2D eigenvalue weighted by Gasteiger charge is -2.28. The first-order chi connectivity index (χ1) is 14.0. The quantitative estimate of drug-likeness (QED) is 0.640. The number of rotatable bonds is 6. The van der Waals surface area contributed by atoms with Crippen molar-refractivity contribution in [3.05, 3.63) is 106 Å². The lowest BCUT2D eigenvalue weighted by atomic mass is 9.84. The van der Waals surface area contributed by atoms with Crippen LogP contribution in [0.15, 0.2) is 78.9 Å². The van der Waals surface area contributed by atoms with Crippen molar-refractivity contribution in [3.63, 3.8) is 0 Å². The molecule has 0 unspecified atom stereocenters. The van der Waals surface area contributed by atoms with Gasteiger partial charge in [-0.3, -0.25) is 9.59 Å². The maximum absolute atomic E-state index is 13.0. The number of hydrogen-bond acceptors (Lipinski definition) is 2. The maximum atomic E-state index is 13.0. The van der Waals surface area contributed by atoms with Gasteiger partial charge in [-0.05, 0) is 41.8 Å². The van der Waals surface area contributed by atoms with Crippen molar-refractivity contribution in [1.29, 1.82) is 0 Å². The van der Waals surface area contributed by atoms with E-state index in [1.54, 1.807) is 25.2 Å². The lowest BCUT2D eigenvalue weighted by molar-refractivity contribution is -0.122. The Morgan fingerprint density at radius 2 is 1.41 bits per heavy atom. The molecule has 3 aromatic carbocycles. The Hall–Kier alpha value is -3.11. The second kappa shape index (κ2) is 9.39. The van der Waals surface area contributed by atoms with Gasteiger partial charge in [-0.2, -0.15) is 0 Å². The van der Waals surface area contributed by atoms with E-state index in [-0.39, 0.29) is 17.7 Å². The summed E-state index contributed by atoms with van der Waals surface area (Å²) in [5.74, 6) is -0.961. The predicted octanol–water partition coefficient (Wildman–Crippen LogP) is 4.32. The fourth-order valence-corrected chi connectivity index (χ4v) is 3.74. The highest BCUT2D eigenvalue weighted by molar-refractivity contribution is 6.31. The zero-order valence-corrected chi connectivity index (χ0v) is 17.1. The number of halogens is 1. The van der Waals surface area contributed by atoms with Gasteiger partial charge in [-0.15, -0.1) is 0 Å². The molecule has 1 atom stereocenters. The number of benzene rings is 3. The summed E-state index contributed by atoms with van der Waals surface area (Å²) in [6, 6.07) is 23.7. The standard InChI is InChI=1S/C24H23ClN2O2/c1-16-13-19(15-20(25)14-16)23(28)27-22(24(29)26-2)21(17-9-5-3-6-10-17)18-11-7-4-8-12-18/h3-15,21-22H,1-2H3,(H,26,29)(H,27,28)/t22-/m0/s1. The summed E-state index contributed by atoms with van der Waals surface area (Å²) in [7, 11) is 1.57. The van der Waals surface area contributed by atoms with Crippen LogP contribution in [0.3, 0.4) is 0 Å². The molecule has 0 aliphatic heterocycles. The molecule has 0 saturated carbocycles. The largest absolute Gasteiger partial charge is 0.357 e. The number of carbonyl (C=O) groups is 2. The average Bonchev–Trinajstić information content (AvgIpc) is 2.73. The Labute approximate surface area is 175 Å². The molecule has 0 bridgehead atoms. The molecule has 2 N–H and O–H groups in total. The predicted molar refractivity (Wildman–Crippen MR) is 116 cm³/mol. The van der Waals surface area contributed by atoms with Crippen LogP contribution in [-0.2, 0) is 4.79 Å². The molecule has 4 nitrogen and oxygen atoms in total. The highest BCUT2D eigenvalue weighted by Crippen LogP contribution is 2.29. The van der Waals surface area contributed by atoms with E-state index < -0.39 is 6.04 Å². The molecular formula is C24H23ClN2O2. The molecule has 5 heteroatoms. The van der Waals surface area contributed by atoms with Gasteiger partial charge < -0.3 is 10.6 Å². The van der Waals surface area contributed by atoms with E-state index in [0.29, 0.717) is 10.6 Å². The molecule has 0 saturated heterocycles. The highest BCUT2D eigenvalue weighted by atomic mass is 35.5. The van der Waals surface area contributed by atoms with Gasteiger partial charge >= 0.3 is 0 Å². The van der Waals surface area contributed by atoms with Crippen LogP contribution < -0.4 is 10.6 Å². The summed E-state index contributed by atoms with van der Waals surface area (Å²) < 4.78 is 0. The van der Waals surface area contributed by atoms with Crippen LogP contribution in [0.4, 0.5) is 0 Å². The summed E-state index contributed by atoms with van der Waals surface area (Å²) in [6.45, 7) is 1.87. The molecule has 0 heterocycles. The third-order valence-electron chi connectivity index (χ3n) is 4.77. The number of nitrogens with one attached hydrogen (secondary N) is 2. The van der Waals surface area contributed by atoms with Crippen LogP contribution in [0, 0.1) is 6.92 Å². The molecule has 148 valence electrons. The van der Waals surface area contributed by atoms with Crippen molar-refractivity contribution in [2.75, 3.05) is 7.05 Å². The molecule has 0 aliphatic rings. The van der Waals surface area contributed by atoms with Crippen LogP contribution in [0.25, 0.3) is 0 Å².